The average molecular weight is 176 g/mol. The van der Waals surface area contributed by atoms with E-state index >= 15 is 0 Å². The van der Waals surface area contributed by atoms with Gasteiger partial charge in [-0.15, -0.1) is 0 Å². The largest absolute Gasteiger partial charge is 0.307 e. The minimum absolute atomic E-state index is 1.13. The van der Waals surface area contributed by atoms with Crippen molar-refractivity contribution in [3.8, 4) is 0 Å². The normalized spacial score (nSPS) is 10.7. The maximum atomic E-state index is 2.32. The van der Waals surface area contributed by atoms with E-state index in [1.807, 2.05) is 0 Å². The molecule has 0 aliphatic carbocycles. The van der Waals surface area contributed by atoms with E-state index in [1.165, 1.54) is 5.56 Å². The van der Waals surface area contributed by atoms with Crippen molar-refractivity contribution in [1.29, 1.82) is 0 Å². The molecule has 0 atom stereocenters. The summed E-state index contributed by atoms with van der Waals surface area (Å²) in [6.07, 6.45) is 3.42. The van der Waals surface area contributed by atoms with Crippen molar-refractivity contribution >= 4 is 0 Å². The summed E-state index contributed by atoms with van der Waals surface area (Å²) in [6.45, 7) is 4.45. The third-order valence-corrected chi connectivity index (χ3v) is 2.23. The van der Waals surface area contributed by atoms with Gasteiger partial charge >= 0.3 is 0 Å². The summed E-state index contributed by atoms with van der Waals surface area (Å²) in [6, 6.07) is 10.5. The zero-order valence-electron chi connectivity index (χ0n) is 8.53. The zero-order valence-corrected chi connectivity index (χ0v) is 8.53. The molecule has 0 N–H and O–H groups in total. The molecule has 0 aliphatic heterocycles. The van der Waals surface area contributed by atoms with Crippen molar-refractivity contribution in [3.63, 3.8) is 0 Å². The Morgan fingerprint density at radius 3 is 2.54 bits per heavy atom. The van der Waals surface area contributed by atoms with Crippen molar-refractivity contribution in [2.24, 2.45) is 0 Å². The first-order valence-electron chi connectivity index (χ1n) is 4.89. The molecule has 1 aromatic carbocycles. The van der Waals surface area contributed by atoms with Crippen molar-refractivity contribution in [1.82, 2.24) is 4.90 Å². The van der Waals surface area contributed by atoms with Gasteiger partial charge in [-0.05, 0) is 38.5 Å². The first-order chi connectivity index (χ1) is 6.33. The van der Waals surface area contributed by atoms with Crippen LogP contribution in [0.4, 0.5) is 0 Å². The molecule has 13 heavy (non-hydrogen) atoms. The second-order valence-corrected chi connectivity index (χ2v) is 3.30. The quantitative estimate of drug-likeness (QED) is 0.666. The van der Waals surface area contributed by atoms with Crippen LogP contribution in [-0.2, 0) is 0 Å². The molecule has 0 spiro atoms. The van der Waals surface area contributed by atoms with Crippen molar-refractivity contribution in [2.45, 2.75) is 13.3 Å². The maximum absolute atomic E-state index is 2.32. The van der Waals surface area contributed by atoms with Crippen molar-refractivity contribution < 1.29 is 0 Å². The van der Waals surface area contributed by atoms with E-state index < -0.39 is 0 Å². The van der Waals surface area contributed by atoms with Gasteiger partial charge in [0.25, 0.3) is 0 Å². The van der Waals surface area contributed by atoms with E-state index in [1.54, 1.807) is 0 Å². The van der Waals surface area contributed by atoms with E-state index in [0.717, 1.165) is 19.5 Å². The lowest BCUT2D eigenvalue weighted by atomic mass is 10.1. The molecule has 1 heteroatoms. The molecule has 0 heterocycles. The lowest BCUT2D eigenvalue weighted by Crippen LogP contribution is -2.18. The Balaban J connectivity index is 2.20. The highest BCUT2D eigenvalue weighted by molar-refractivity contribution is 5.22. The lowest BCUT2D eigenvalue weighted by molar-refractivity contribution is 0.357. The Labute approximate surface area is 81.4 Å². The summed E-state index contributed by atoms with van der Waals surface area (Å²) < 4.78 is 0. The first kappa shape index (κ1) is 10.3. The van der Waals surface area contributed by atoms with E-state index in [4.69, 9.17) is 0 Å². The molecule has 71 valence electrons. The van der Waals surface area contributed by atoms with Crippen LogP contribution in [0.15, 0.2) is 30.3 Å². The highest BCUT2D eigenvalue weighted by atomic mass is 15.1. The predicted octanol–water partition coefficient (Wildman–Crippen LogP) is 2.58. The van der Waals surface area contributed by atoms with Crippen LogP contribution in [0.3, 0.4) is 0 Å². The first-order valence-corrected chi connectivity index (χ1v) is 4.89. The van der Waals surface area contributed by atoms with Crippen LogP contribution in [0.25, 0.3) is 0 Å². The van der Waals surface area contributed by atoms with Gasteiger partial charge in [0.2, 0.25) is 0 Å². The molecule has 0 amide bonds. The lowest BCUT2D eigenvalue weighted by Gasteiger charge is -2.12. The van der Waals surface area contributed by atoms with Crippen LogP contribution in [0, 0.1) is 6.42 Å². The molecule has 0 saturated heterocycles. The molecule has 0 unspecified atom stereocenters. The fourth-order valence-electron chi connectivity index (χ4n) is 1.20. The van der Waals surface area contributed by atoms with E-state index in [2.05, 4.69) is 55.6 Å². The second kappa shape index (κ2) is 5.76. The fraction of sp³-hybridized carbons (Fsp3) is 0.417. The summed E-state index contributed by atoms with van der Waals surface area (Å²) in [4.78, 5) is 2.32. The molecule has 0 saturated carbocycles. The number of rotatable bonds is 5. The van der Waals surface area contributed by atoms with Crippen molar-refractivity contribution in [2.75, 3.05) is 20.1 Å². The Morgan fingerprint density at radius 1 is 1.23 bits per heavy atom. The minimum atomic E-state index is 1.13. The molecule has 1 nitrogen and oxygen atoms in total. The summed E-state index contributed by atoms with van der Waals surface area (Å²) in [5.74, 6) is 0. The Kier molecular flexibility index (Phi) is 4.55. The van der Waals surface area contributed by atoms with Gasteiger partial charge in [-0.2, -0.15) is 0 Å². The molecule has 0 aromatic heterocycles. The summed E-state index contributed by atoms with van der Waals surface area (Å²) in [5, 5.41) is 0. The molecule has 1 aromatic rings. The van der Waals surface area contributed by atoms with E-state index in [0.29, 0.717) is 0 Å². The SMILES string of the molecule is CCN(C)CC[CH]c1ccccc1. The number of benzene rings is 1. The highest BCUT2D eigenvalue weighted by Crippen LogP contribution is 2.04. The predicted molar refractivity (Wildman–Crippen MR) is 57.6 cm³/mol. The topological polar surface area (TPSA) is 3.24 Å². The molecule has 1 rings (SSSR count). The minimum Gasteiger partial charge on any atom is -0.307 e. The summed E-state index contributed by atoms with van der Waals surface area (Å²) >= 11 is 0. The van der Waals surface area contributed by atoms with Crippen LogP contribution >= 0.6 is 0 Å². The van der Waals surface area contributed by atoms with Crippen LogP contribution in [-0.4, -0.2) is 25.0 Å². The van der Waals surface area contributed by atoms with Gasteiger partial charge in [-0.1, -0.05) is 37.3 Å². The van der Waals surface area contributed by atoms with E-state index in [9.17, 15) is 0 Å². The van der Waals surface area contributed by atoms with Gasteiger partial charge < -0.3 is 4.90 Å². The molecule has 0 aliphatic rings. The summed E-state index contributed by atoms with van der Waals surface area (Å²) in [7, 11) is 2.15. The smallest absolute Gasteiger partial charge is 0.00159 e. The summed E-state index contributed by atoms with van der Waals surface area (Å²) in [5.41, 5.74) is 1.33. The Bertz CT molecular complexity index is 218. The van der Waals surface area contributed by atoms with Crippen LogP contribution in [0.1, 0.15) is 18.9 Å². The van der Waals surface area contributed by atoms with Gasteiger partial charge in [0.15, 0.2) is 0 Å². The number of hydrogen-bond donors (Lipinski definition) is 0. The number of hydrogen-bond acceptors (Lipinski definition) is 1. The fourth-order valence-corrected chi connectivity index (χ4v) is 1.20. The van der Waals surface area contributed by atoms with Crippen LogP contribution < -0.4 is 0 Å². The van der Waals surface area contributed by atoms with Crippen molar-refractivity contribution in [3.05, 3.63) is 42.3 Å². The molecule has 0 bridgehead atoms. The molecular weight excluding hydrogens is 158 g/mol. The second-order valence-electron chi connectivity index (χ2n) is 3.30. The highest BCUT2D eigenvalue weighted by Gasteiger charge is 1.95. The van der Waals surface area contributed by atoms with Gasteiger partial charge in [-0.3, -0.25) is 0 Å². The Morgan fingerprint density at radius 2 is 1.92 bits per heavy atom. The number of nitrogens with zero attached hydrogens (tertiary/aromatic N) is 1. The van der Waals surface area contributed by atoms with Crippen LogP contribution in [0.5, 0.6) is 0 Å². The zero-order chi connectivity index (χ0) is 9.52. The molecular formula is C12H18N. The van der Waals surface area contributed by atoms with Crippen LogP contribution in [0.2, 0.25) is 0 Å². The Hall–Kier alpha value is -0.820. The van der Waals surface area contributed by atoms with Gasteiger partial charge in [0.05, 0.1) is 0 Å². The standard InChI is InChI=1S/C12H18N/c1-3-13(2)11-7-10-12-8-5-4-6-9-12/h4-6,8-10H,3,7,11H2,1-2H3. The third kappa shape index (κ3) is 4.09. The third-order valence-electron chi connectivity index (χ3n) is 2.23. The monoisotopic (exact) mass is 176 g/mol. The molecule has 1 radical (unpaired) electrons. The molecule has 0 fully saturated rings. The average Bonchev–Trinajstić information content (AvgIpc) is 2.19. The van der Waals surface area contributed by atoms with Gasteiger partial charge in [-0.25, -0.2) is 0 Å². The maximum Gasteiger partial charge on any atom is -0.00159 e. The van der Waals surface area contributed by atoms with E-state index in [-0.39, 0.29) is 0 Å². The van der Waals surface area contributed by atoms with Gasteiger partial charge in [0, 0.05) is 0 Å². The van der Waals surface area contributed by atoms with Gasteiger partial charge in [0.1, 0.15) is 0 Å².